The Kier molecular flexibility index (Phi) is 6.46. The first-order chi connectivity index (χ1) is 12.3. The minimum absolute atomic E-state index is 0.0142. The summed E-state index contributed by atoms with van der Waals surface area (Å²) in [4.78, 5) is 23.8. The van der Waals surface area contributed by atoms with Gasteiger partial charge in [-0.25, -0.2) is 8.42 Å². The highest BCUT2D eigenvalue weighted by molar-refractivity contribution is 7.89. The second-order valence-electron chi connectivity index (χ2n) is 5.03. The minimum atomic E-state index is -3.85. The molecule has 0 saturated heterocycles. The van der Waals surface area contributed by atoms with Crippen molar-refractivity contribution >= 4 is 38.2 Å². The summed E-state index contributed by atoms with van der Waals surface area (Å²) < 4.78 is 31.0. The Morgan fingerprint density at radius 3 is 2.62 bits per heavy atom. The molecule has 2 N–H and O–H groups in total. The summed E-state index contributed by atoms with van der Waals surface area (Å²) in [5, 5.41) is 13.4. The number of hydrogen-bond acceptors (Lipinski definition) is 7. The van der Waals surface area contributed by atoms with Gasteiger partial charge in [0, 0.05) is 0 Å². The van der Waals surface area contributed by atoms with Crippen molar-refractivity contribution in [1.82, 2.24) is 4.72 Å². The van der Waals surface area contributed by atoms with Crippen LogP contribution >= 0.6 is 11.3 Å². The summed E-state index contributed by atoms with van der Waals surface area (Å²) in [7, 11) is -3.85. The summed E-state index contributed by atoms with van der Waals surface area (Å²) in [6.07, 6.45) is -1.16. The van der Waals surface area contributed by atoms with Gasteiger partial charge in [-0.15, -0.1) is 11.3 Å². The van der Waals surface area contributed by atoms with E-state index in [9.17, 15) is 18.0 Å². The molecule has 1 heterocycles. The van der Waals surface area contributed by atoms with E-state index in [1.54, 1.807) is 29.6 Å². The van der Waals surface area contributed by atoms with E-state index in [1.807, 2.05) is 6.07 Å². The van der Waals surface area contributed by atoms with Crippen molar-refractivity contribution in [1.29, 1.82) is 5.26 Å². The van der Waals surface area contributed by atoms with Crippen LogP contribution in [0.3, 0.4) is 0 Å². The van der Waals surface area contributed by atoms with E-state index in [0.717, 1.165) is 11.3 Å². The van der Waals surface area contributed by atoms with Crippen molar-refractivity contribution in [2.45, 2.75) is 17.9 Å². The standard InChI is InChI=1S/C16H15N3O5S2/c1-11(15(21)19-16-12(9-17)7-8-25-16)24-14(20)10-18-26(22,23)13-5-3-2-4-6-13/h2-8,11,18H,10H2,1H3,(H,19,21). The number of ether oxygens (including phenoxy) is 1. The average molecular weight is 393 g/mol. The minimum Gasteiger partial charge on any atom is -0.452 e. The fraction of sp³-hybridized carbons (Fsp3) is 0.188. The van der Waals surface area contributed by atoms with Crippen LogP contribution in [0.5, 0.6) is 0 Å². The van der Waals surface area contributed by atoms with E-state index >= 15 is 0 Å². The van der Waals surface area contributed by atoms with E-state index < -0.39 is 34.5 Å². The predicted molar refractivity (Wildman–Crippen MR) is 94.8 cm³/mol. The molecule has 1 aromatic carbocycles. The molecule has 0 saturated carbocycles. The molecule has 10 heteroatoms. The third-order valence-electron chi connectivity index (χ3n) is 3.16. The van der Waals surface area contributed by atoms with Gasteiger partial charge in [0.1, 0.15) is 17.6 Å². The van der Waals surface area contributed by atoms with E-state index in [4.69, 9.17) is 10.00 Å². The third kappa shape index (κ3) is 5.13. The number of nitrogens with zero attached hydrogens (tertiary/aromatic N) is 1. The van der Waals surface area contributed by atoms with Crippen LogP contribution in [-0.2, 0) is 24.3 Å². The van der Waals surface area contributed by atoms with Crippen molar-refractivity contribution < 1.29 is 22.7 Å². The number of nitrogens with one attached hydrogen (secondary N) is 2. The molecule has 136 valence electrons. The molecule has 0 bridgehead atoms. The zero-order chi connectivity index (χ0) is 19.2. The van der Waals surface area contributed by atoms with Gasteiger partial charge in [-0.2, -0.15) is 9.98 Å². The summed E-state index contributed by atoms with van der Waals surface area (Å²) in [6, 6.07) is 11.0. The number of esters is 1. The molecule has 0 radical (unpaired) electrons. The van der Waals surface area contributed by atoms with Gasteiger partial charge in [-0.1, -0.05) is 18.2 Å². The van der Waals surface area contributed by atoms with Gasteiger partial charge < -0.3 is 10.1 Å². The van der Waals surface area contributed by atoms with Crippen LogP contribution in [0, 0.1) is 11.3 Å². The smallest absolute Gasteiger partial charge is 0.321 e. The summed E-state index contributed by atoms with van der Waals surface area (Å²) >= 11 is 1.16. The molecule has 1 unspecified atom stereocenters. The SMILES string of the molecule is CC(OC(=O)CNS(=O)(=O)c1ccccc1)C(=O)Nc1sccc1C#N. The van der Waals surface area contributed by atoms with E-state index in [1.165, 1.54) is 19.1 Å². The topological polar surface area (TPSA) is 125 Å². The van der Waals surface area contributed by atoms with E-state index in [-0.39, 0.29) is 4.90 Å². The molecule has 8 nitrogen and oxygen atoms in total. The lowest BCUT2D eigenvalue weighted by Crippen LogP contribution is -2.35. The van der Waals surface area contributed by atoms with Crippen LogP contribution in [0.1, 0.15) is 12.5 Å². The molecule has 2 aromatic rings. The lowest BCUT2D eigenvalue weighted by atomic mass is 10.3. The number of thiophene rings is 1. The van der Waals surface area contributed by atoms with Crippen LogP contribution in [0.2, 0.25) is 0 Å². The molecule has 2 rings (SSSR count). The lowest BCUT2D eigenvalue weighted by molar-refractivity contribution is -0.151. The first kappa shape index (κ1) is 19.6. The molecule has 0 spiro atoms. The van der Waals surface area contributed by atoms with Crippen molar-refractivity contribution in [3.63, 3.8) is 0 Å². The number of nitriles is 1. The number of anilines is 1. The van der Waals surface area contributed by atoms with Gasteiger partial charge >= 0.3 is 5.97 Å². The Labute approximate surface area is 154 Å². The summed E-state index contributed by atoms with van der Waals surface area (Å²) in [5.41, 5.74) is 0.303. The summed E-state index contributed by atoms with van der Waals surface area (Å²) in [5.74, 6) is -1.53. The van der Waals surface area contributed by atoms with Gasteiger partial charge in [0.05, 0.1) is 10.5 Å². The molecule has 1 aromatic heterocycles. The molecule has 26 heavy (non-hydrogen) atoms. The Morgan fingerprint density at radius 1 is 1.27 bits per heavy atom. The lowest BCUT2D eigenvalue weighted by Gasteiger charge is -2.13. The normalized spacial score (nSPS) is 12.0. The molecule has 0 aliphatic rings. The molecule has 0 aliphatic heterocycles. The number of hydrogen-bond donors (Lipinski definition) is 2. The fourth-order valence-corrected chi connectivity index (χ4v) is 3.57. The zero-order valence-corrected chi connectivity index (χ0v) is 15.3. The van der Waals surface area contributed by atoms with Crippen LogP contribution in [0.4, 0.5) is 5.00 Å². The summed E-state index contributed by atoms with van der Waals surface area (Å²) in [6.45, 7) is 0.732. The molecule has 1 atom stereocenters. The maximum absolute atomic E-state index is 12.0. The van der Waals surface area contributed by atoms with E-state index in [2.05, 4.69) is 10.0 Å². The predicted octanol–water partition coefficient (Wildman–Crippen LogP) is 1.47. The van der Waals surface area contributed by atoms with Crippen molar-refractivity contribution in [2.75, 3.05) is 11.9 Å². The number of amides is 1. The van der Waals surface area contributed by atoms with Gasteiger partial charge in [-0.05, 0) is 30.5 Å². The number of sulfonamides is 1. The second kappa shape index (κ2) is 8.57. The fourth-order valence-electron chi connectivity index (χ4n) is 1.84. The van der Waals surface area contributed by atoms with Gasteiger partial charge in [0.2, 0.25) is 10.0 Å². The van der Waals surface area contributed by atoms with Gasteiger partial charge in [0.15, 0.2) is 6.10 Å². The zero-order valence-electron chi connectivity index (χ0n) is 13.6. The molecule has 1 amide bonds. The first-order valence-corrected chi connectivity index (χ1v) is 9.72. The molecular weight excluding hydrogens is 378 g/mol. The number of benzene rings is 1. The monoisotopic (exact) mass is 393 g/mol. The Hall–Kier alpha value is -2.74. The van der Waals surface area contributed by atoms with Crippen LogP contribution in [0.15, 0.2) is 46.7 Å². The largest absolute Gasteiger partial charge is 0.452 e. The van der Waals surface area contributed by atoms with Gasteiger partial charge in [-0.3, -0.25) is 9.59 Å². The average Bonchev–Trinajstić information content (AvgIpc) is 3.08. The Morgan fingerprint density at radius 2 is 1.96 bits per heavy atom. The third-order valence-corrected chi connectivity index (χ3v) is 5.41. The number of rotatable bonds is 7. The number of carbonyl (C=O) groups excluding carboxylic acids is 2. The highest BCUT2D eigenvalue weighted by Crippen LogP contribution is 2.22. The molecule has 0 aliphatic carbocycles. The second-order valence-corrected chi connectivity index (χ2v) is 7.72. The van der Waals surface area contributed by atoms with Crippen molar-refractivity contribution in [3.05, 3.63) is 47.3 Å². The van der Waals surface area contributed by atoms with Gasteiger partial charge in [0.25, 0.3) is 5.91 Å². The Bertz CT molecular complexity index is 932. The van der Waals surface area contributed by atoms with Crippen LogP contribution in [-0.4, -0.2) is 32.9 Å². The molecule has 0 fully saturated rings. The van der Waals surface area contributed by atoms with Crippen LogP contribution in [0.25, 0.3) is 0 Å². The maximum Gasteiger partial charge on any atom is 0.321 e. The highest BCUT2D eigenvalue weighted by Gasteiger charge is 2.21. The van der Waals surface area contributed by atoms with E-state index in [0.29, 0.717) is 10.6 Å². The molecular formula is C16H15N3O5S2. The highest BCUT2D eigenvalue weighted by atomic mass is 32.2. The Balaban J connectivity index is 1.87. The van der Waals surface area contributed by atoms with Crippen molar-refractivity contribution in [2.24, 2.45) is 0 Å². The van der Waals surface area contributed by atoms with Crippen LogP contribution < -0.4 is 10.0 Å². The maximum atomic E-state index is 12.0. The first-order valence-electron chi connectivity index (χ1n) is 7.36. The quantitative estimate of drug-likeness (QED) is 0.686. The number of carbonyl (C=O) groups is 2. The van der Waals surface area contributed by atoms with Crippen molar-refractivity contribution in [3.8, 4) is 6.07 Å².